The van der Waals surface area contributed by atoms with Gasteiger partial charge in [-0.15, -0.1) is 0 Å². The van der Waals surface area contributed by atoms with Gasteiger partial charge < -0.3 is 14.2 Å². The maximum Gasteiger partial charge on any atom is 0.283 e. The van der Waals surface area contributed by atoms with Crippen LogP contribution in [0, 0.1) is 5.92 Å². The number of aromatic nitrogens is 3. The number of benzene rings is 1. The maximum absolute atomic E-state index is 13.4. The molecule has 0 radical (unpaired) electrons. The SMILES string of the molecule is O=C(NS(=O)(=O)CCCN1CCOCC1)c1cc(OCC2CCOCC2)c2c(C3CCC3)nn(-c3ccccc3)c2n1. The number of carbonyl (C=O) groups is 1. The van der Waals surface area contributed by atoms with Crippen LogP contribution in [0.5, 0.6) is 5.75 Å². The minimum atomic E-state index is -3.87. The second-order valence-corrected chi connectivity index (χ2v) is 13.2. The van der Waals surface area contributed by atoms with Gasteiger partial charge in [0.1, 0.15) is 11.4 Å². The highest BCUT2D eigenvalue weighted by atomic mass is 32.2. The summed E-state index contributed by atoms with van der Waals surface area (Å²) in [5, 5.41) is 5.78. The van der Waals surface area contributed by atoms with E-state index in [1.165, 1.54) is 0 Å². The Hall–Kier alpha value is -3.06. The molecule has 2 aliphatic heterocycles. The predicted molar refractivity (Wildman–Crippen MR) is 158 cm³/mol. The molecule has 1 aromatic carbocycles. The second kappa shape index (κ2) is 13.1. The lowest BCUT2D eigenvalue weighted by Crippen LogP contribution is -2.38. The average Bonchev–Trinajstić information content (AvgIpc) is 3.35. The van der Waals surface area contributed by atoms with Gasteiger partial charge in [-0.05, 0) is 56.7 Å². The summed E-state index contributed by atoms with van der Waals surface area (Å²) >= 11 is 0. The molecule has 2 aromatic heterocycles. The Morgan fingerprint density at radius 3 is 2.48 bits per heavy atom. The normalized spacial score (nSPS) is 19.0. The Morgan fingerprint density at radius 1 is 1.02 bits per heavy atom. The third-order valence-electron chi connectivity index (χ3n) is 8.41. The molecule has 226 valence electrons. The third-order valence-corrected chi connectivity index (χ3v) is 9.73. The Kier molecular flexibility index (Phi) is 9.03. The summed E-state index contributed by atoms with van der Waals surface area (Å²) in [6, 6.07) is 11.2. The molecule has 1 amide bonds. The number of fused-ring (bicyclic) bond motifs is 1. The van der Waals surface area contributed by atoms with Gasteiger partial charge in [-0.1, -0.05) is 24.6 Å². The number of para-hydroxylation sites is 1. The van der Waals surface area contributed by atoms with Crippen molar-refractivity contribution in [2.45, 2.75) is 44.4 Å². The Balaban J connectivity index is 1.30. The molecular weight excluding hydrogens is 558 g/mol. The van der Waals surface area contributed by atoms with Crippen LogP contribution in [0.4, 0.5) is 0 Å². The van der Waals surface area contributed by atoms with Crippen molar-refractivity contribution in [2.75, 3.05) is 58.4 Å². The lowest BCUT2D eigenvalue weighted by molar-refractivity contribution is 0.0381. The largest absolute Gasteiger partial charge is 0.492 e. The van der Waals surface area contributed by atoms with Crippen molar-refractivity contribution in [3.05, 3.63) is 47.8 Å². The predicted octanol–water partition coefficient (Wildman–Crippen LogP) is 3.28. The monoisotopic (exact) mass is 597 g/mol. The lowest BCUT2D eigenvalue weighted by Gasteiger charge is -2.26. The summed E-state index contributed by atoms with van der Waals surface area (Å²) in [7, 11) is -3.87. The number of nitrogens with one attached hydrogen (secondary N) is 1. The fraction of sp³-hybridized carbons (Fsp3) is 0.567. The molecule has 0 bridgehead atoms. The van der Waals surface area contributed by atoms with Gasteiger partial charge in [0.2, 0.25) is 10.0 Å². The van der Waals surface area contributed by atoms with Gasteiger partial charge in [0.05, 0.1) is 42.3 Å². The molecule has 3 aliphatic rings. The van der Waals surface area contributed by atoms with E-state index >= 15 is 0 Å². The summed E-state index contributed by atoms with van der Waals surface area (Å²) in [6.07, 6.45) is 5.43. The molecule has 11 nitrogen and oxygen atoms in total. The van der Waals surface area contributed by atoms with Gasteiger partial charge in [0.15, 0.2) is 5.65 Å². The van der Waals surface area contributed by atoms with Crippen LogP contribution in [0.15, 0.2) is 36.4 Å². The van der Waals surface area contributed by atoms with E-state index in [4.69, 9.17) is 24.3 Å². The molecule has 6 rings (SSSR count). The van der Waals surface area contributed by atoms with Crippen molar-refractivity contribution in [3.8, 4) is 11.4 Å². The smallest absolute Gasteiger partial charge is 0.283 e. The van der Waals surface area contributed by atoms with Crippen LogP contribution in [0.2, 0.25) is 0 Å². The van der Waals surface area contributed by atoms with E-state index in [2.05, 4.69) is 9.62 Å². The molecule has 4 heterocycles. The van der Waals surface area contributed by atoms with E-state index in [0.717, 1.165) is 62.0 Å². The van der Waals surface area contributed by atoms with Crippen LogP contribution in [-0.2, 0) is 19.5 Å². The molecule has 42 heavy (non-hydrogen) atoms. The topological polar surface area (TPSA) is 125 Å². The number of hydrogen-bond acceptors (Lipinski definition) is 9. The highest BCUT2D eigenvalue weighted by Gasteiger charge is 2.30. The van der Waals surface area contributed by atoms with Crippen molar-refractivity contribution >= 4 is 27.0 Å². The zero-order valence-corrected chi connectivity index (χ0v) is 24.7. The molecule has 3 fully saturated rings. The lowest BCUT2D eigenvalue weighted by atomic mass is 9.82. The number of pyridine rings is 1. The van der Waals surface area contributed by atoms with Gasteiger partial charge in [0.25, 0.3) is 5.91 Å². The van der Waals surface area contributed by atoms with Crippen molar-refractivity contribution in [1.82, 2.24) is 24.4 Å². The molecular formula is C30H39N5O6S. The third kappa shape index (κ3) is 6.77. The number of ether oxygens (including phenoxy) is 3. The molecule has 0 spiro atoms. The van der Waals surface area contributed by atoms with Crippen molar-refractivity contribution in [1.29, 1.82) is 0 Å². The number of amides is 1. The summed E-state index contributed by atoms with van der Waals surface area (Å²) in [6.45, 7) is 5.39. The summed E-state index contributed by atoms with van der Waals surface area (Å²) < 4.78 is 47.1. The van der Waals surface area contributed by atoms with Crippen LogP contribution in [0.3, 0.4) is 0 Å². The minimum absolute atomic E-state index is 0.0153. The van der Waals surface area contributed by atoms with Gasteiger partial charge in [0, 0.05) is 38.3 Å². The zero-order valence-electron chi connectivity index (χ0n) is 23.9. The van der Waals surface area contributed by atoms with Crippen molar-refractivity contribution in [2.24, 2.45) is 5.92 Å². The molecule has 0 unspecified atom stereocenters. The van der Waals surface area contributed by atoms with E-state index in [-0.39, 0.29) is 17.4 Å². The maximum atomic E-state index is 13.4. The van der Waals surface area contributed by atoms with Gasteiger partial charge in [-0.3, -0.25) is 9.69 Å². The van der Waals surface area contributed by atoms with Crippen LogP contribution < -0.4 is 9.46 Å². The van der Waals surface area contributed by atoms with Crippen LogP contribution in [0.25, 0.3) is 16.7 Å². The first-order chi connectivity index (χ1) is 20.5. The number of nitrogens with zero attached hydrogens (tertiary/aromatic N) is 4. The first-order valence-corrected chi connectivity index (χ1v) is 16.7. The van der Waals surface area contributed by atoms with Crippen molar-refractivity contribution < 1.29 is 27.4 Å². The van der Waals surface area contributed by atoms with E-state index in [1.807, 2.05) is 30.3 Å². The number of carbonyl (C=O) groups excluding carboxylic acids is 1. The minimum Gasteiger partial charge on any atom is -0.492 e. The van der Waals surface area contributed by atoms with Gasteiger partial charge in [-0.25, -0.2) is 22.8 Å². The van der Waals surface area contributed by atoms with E-state index in [1.54, 1.807) is 10.7 Å². The molecule has 0 atom stereocenters. The van der Waals surface area contributed by atoms with Gasteiger partial charge >= 0.3 is 0 Å². The number of sulfonamides is 1. The summed E-state index contributed by atoms with van der Waals surface area (Å²) in [4.78, 5) is 20.3. The molecule has 1 saturated carbocycles. The molecule has 1 N–H and O–H groups in total. The highest BCUT2D eigenvalue weighted by Crippen LogP contribution is 2.42. The standard InChI is InChI=1S/C30H39N5O6S/c36-30(33-42(37,38)19-5-12-34-13-17-40-18-14-34)25-20-26(41-21-22-10-15-39-16-11-22)27-28(23-6-4-7-23)32-35(29(27)31-25)24-8-2-1-3-9-24/h1-3,8-9,20,22-23H,4-7,10-19,21H2,(H,33,36). The average molecular weight is 598 g/mol. The van der Waals surface area contributed by atoms with E-state index < -0.39 is 15.9 Å². The first-order valence-electron chi connectivity index (χ1n) is 15.0. The fourth-order valence-electron chi connectivity index (χ4n) is 5.72. The van der Waals surface area contributed by atoms with E-state index in [9.17, 15) is 13.2 Å². The van der Waals surface area contributed by atoms with Crippen LogP contribution in [0.1, 0.15) is 60.6 Å². The zero-order chi connectivity index (χ0) is 28.9. The summed E-state index contributed by atoms with van der Waals surface area (Å²) in [5.41, 5.74) is 2.20. The number of rotatable bonds is 11. The van der Waals surface area contributed by atoms with E-state index in [0.29, 0.717) is 63.3 Å². The molecule has 3 aromatic rings. The summed E-state index contributed by atoms with van der Waals surface area (Å²) in [5.74, 6) is 0.216. The van der Waals surface area contributed by atoms with Crippen LogP contribution in [-0.4, -0.2) is 92.4 Å². The highest BCUT2D eigenvalue weighted by molar-refractivity contribution is 7.90. The Morgan fingerprint density at radius 2 is 1.76 bits per heavy atom. The van der Waals surface area contributed by atoms with Gasteiger partial charge in [-0.2, -0.15) is 5.10 Å². The number of morpholine rings is 1. The molecule has 2 saturated heterocycles. The molecule has 12 heteroatoms. The number of hydrogen-bond donors (Lipinski definition) is 1. The quantitative estimate of drug-likeness (QED) is 0.355. The van der Waals surface area contributed by atoms with Crippen molar-refractivity contribution in [3.63, 3.8) is 0 Å². The Bertz CT molecular complexity index is 1480. The molecule has 1 aliphatic carbocycles. The fourth-order valence-corrected chi connectivity index (χ4v) is 6.72. The van der Waals surface area contributed by atoms with Crippen LogP contribution >= 0.6 is 0 Å². The Labute approximate surface area is 246 Å². The first kappa shape index (κ1) is 29.0. The second-order valence-electron chi connectivity index (χ2n) is 11.4.